The molecule has 1 N–H and O–H groups in total. The number of amides is 1. The summed E-state index contributed by atoms with van der Waals surface area (Å²) in [6.45, 7) is 4.93. The number of carbonyl (C=O) groups excluding carboxylic acids is 2. The minimum absolute atomic E-state index is 0.0136. The topological polar surface area (TPSA) is 59.1 Å². The van der Waals surface area contributed by atoms with Crippen molar-refractivity contribution in [2.75, 3.05) is 0 Å². The fraction of sp³-hybridized carbons (Fsp3) is 0.350. The van der Waals surface area contributed by atoms with E-state index in [1.165, 1.54) is 31.3 Å². The zero-order chi connectivity index (χ0) is 20.2. The molecule has 0 unspecified atom stereocenters. The highest BCUT2D eigenvalue weighted by Crippen LogP contribution is 2.32. The molecule has 4 nitrogen and oxygen atoms in total. The molecule has 1 aromatic heterocycles. The Morgan fingerprint density at radius 2 is 1.89 bits per heavy atom. The molecule has 1 amide bonds. The summed E-state index contributed by atoms with van der Waals surface area (Å²) in [5.41, 5.74) is 0.552. The molecule has 0 saturated heterocycles. The van der Waals surface area contributed by atoms with E-state index in [-0.39, 0.29) is 30.2 Å². The Bertz CT molecular complexity index is 845. The summed E-state index contributed by atoms with van der Waals surface area (Å²) >= 11 is 0. The quantitative estimate of drug-likeness (QED) is 0.823. The first-order chi connectivity index (χ1) is 12.6. The number of halogens is 3. The van der Waals surface area contributed by atoms with Crippen molar-refractivity contribution in [3.05, 3.63) is 64.5 Å². The van der Waals surface area contributed by atoms with Crippen LogP contribution in [0.2, 0.25) is 0 Å². The van der Waals surface area contributed by atoms with Crippen molar-refractivity contribution in [3.63, 3.8) is 0 Å². The molecule has 2 rings (SSSR count). The number of carbonyl (C=O) groups is 2. The molecule has 0 aliphatic carbocycles. The molecule has 144 valence electrons. The van der Waals surface area contributed by atoms with Crippen LogP contribution in [-0.4, -0.2) is 16.7 Å². The molecule has 1 heterocycles. The second-order valence-electron chi connectivity index (χ2n) is 6.60. The Morgan fingerprint density at radius 1 is 1.19 bits per heavy atom. The monoisotopic (exact) mass is 378 g/mol. The van der Waals surface area contributed by atoms with E-state index in [1.54, 1.807) is 19.9 Å². The molecule has 2 aromatic rings. The molecule has 0 aliphatic heterocycles. The molecular weight excluding hydrogens is 357 g/mol. The van der Waals surface area contributed by atoms with Gasteiger partial charge in [0.1, 0.15) is 5.78 Å². The van der Waals surface area contributed by atoms with Crippen LogP contribution in [0.5, 0.6) is 0 Å². The number of nitrogens with one attached hydrogen (secondary N) is 1. The number of Topliss-reactive ketones (excluding diaryl/α,β-unsaturated/α-hetero) is 1. The standard InChI is InChI=1S/C20H21F3N2O2/c1-12(2)18(26)10-16-9-14(7-8-24-16)19(27)25-11-15-5-4-6-17(13(15)3)20(21,22)23/h4-9,12H,10-11H2,1-3H3,(H,25,27). The number of rotatable bonds is 6. The van der Waals surface area contributed by atoms with Gasteiger partial charge in [0.2, 0.25) is 0 Å². The van der Waals surface area contributed by atoms with Gasteiger partial charge in [-0.25, -0.2) is 0 Å². The van der Waals surface area contributed by atoms with Crippen LogP contribution in [0.4, 0.5) is 13.2 Å². The highest BCUT2D eigenvalue weighted by Gasteiger charge is 2.32. The lowest BCUT2D eigenvalue weighted by Gasteiger charge is -2.14. The number of ketones is 1. The van der Waals surface area contributed by atoms with Gasteiger partial charge >= 0.3 is 6.18 Å². The Kier molecular flexibility index (Phi) is 6.36. The first-order valence-electron chi connectivity index (χ1n) is 8.51. The smallest absolute Gasteiger partial charge is 0.348 e. The predicted molar refractivity (Wildman–Crippen MR) is 95.1 cm³/mol. The molecule has 0 radical (unpaired) electrons. The number of aromatic nitrogens is 1. The van der Waals surface area contributed by atoms with E-state index in [0.29, 0.717) is 16.8 Å². The molecule has 0 fully saturated rings. The summed E-state index contributed by atoms with van der Waals surface area (Å²) in [6, 6.07) is 6.90. The molecule has 0 saturated carbocycles. The Hall–Kier alpha value is -2.70. The highest BCUT2D eigenvalue weighted by molar-refractivity contribution is 5.94. The van der Waals surface area contributed by atoms with E-state index < -0.39 is 17.6 Å². The third-order valence-electron chi connectivity index (χ3n) is 4.27. The predicted octanol–water partition coefficient (Wildman–Crippen LogP) is 4.11. The maximum absolute atomic E-state index is 13.0. The number of alkyl halides is 3. The van der Waals surface area contributed by atoms with Crippen molar-refractivity contribution in [1.29, 1.82) is 0 Å². The Balaban J connectivity index is 2.10. The van der Waals surface area contributed by atoms with Crippen molar-refractivity contribution >= 4 is 11.7 Å². The van der Waals surface area contributed by atoms with Crippen molar-refractivity contribution in [3.8, 4) is 0 Å². The van der Waals surface area contributed by atoms with Crippen LogP contribution in [0, 0.1) is 12.8 Å². The maximum Gasteiger partial charge on any atom is 0.416 e. The van der Waals surface area contributed by atoms with E-state index in [9.17, 15) is 22.8 Å². The maximum atomic E-state index is 13.0. The second kappa shape index (κ2) is 8.33. The van der Waals surface area contributed by atoms with E-state index in [1.807, 2.05) is 0 Å². The van der Waals surface area contributed by atoms with Crippen molar-refractivity contribution in [2.45, 2.75) is 39.9 Å². The average Bonchev–Trinajstić information content (AvgIpc) is 2.59. The van der Waals surface area contributed by atoms with Gasteiger partial charge < -0.3 is 5.32 Å². The third-order valence-corrected chi connectivity index (χ3v) is 4.27. The normalized spacial score (nSPS) is 11.5. The molecule has 27 heavy (non-hydrogen) atoms. The zero-order valence-electron chi connectivity index (χ0n) is 15.4. The summed E-state index contributed by atoms with van der Waals surface area (Å²) < 4.78 is 38.9. The molecule has 0 bridgehead atoms. The van der Waals surface area contributed by atoms with Crippen LogP contribution in [-0.2, 0) is 23.9 Å². The van der Waals surface area contributed by atoms with Gasteiger partial charge in [-0.15, -0.1) is 0 Å². The van der Waals surface area contributed by atoms with E-state index >= 15 is 0 Å². The molecule has 0 atom stereocenters. The molecular formula is C20H21F3N2O2. The fourth-order valence-corrected chi connectivity index (χ4v) is 2.56. The van der Waals surface area contributed by atoms with Gasteiger partial charge in [0, 0.05) is 36.3 Å². The van der Waals surface area contributed by atoms with Crippen molar-refractivity contribution in [2.24, 2.45) is 5.92 Å². The first-order valence-corrected chi connectivity index (χ1v) is 8.51. The van der Waals surface area contributed by atoms with Crippen LogP contribution in [0.3, 0.4) is 0 Å². The number of pyridine rings is 1. The van der Waals surface area contributed by atoms with Gasteiger partial charge in [-0.1, -0.05) is 26.0 Å². The van der Waals surface area contributed by atoms with Gasteiger partial charge in [0.15, 0.2) is 0 Å². The van der Waals surface area contributed by atoms with E-state index in [4.69, 9.17) is 0 Å². The van der Waals surface area contributed by atoms with Crippen LogP contribution >= 0.6 is 0 Å². The summed E-state index contributed by atoms with van der Waals surface area (Å²) in [4.78, 5) is 28.2. The van der Waals surface area contributed by atoms with Crippen molar-refractivity contribution in [1.82, 2.24) is 10.3 Å². The average molecular weight is 378 g/mol. The van der Waals surface area contributed by atoms with Gasteiger partial charge in [-0.2, -0.15) is 13.2 Å². The number of benzene rings is 1. The molecule has 0 spiro atoms. The van der Waals surface area contributed by atoms with E-state index in [0.717, 1.165) is 6.07 Å². The largest absolute Gasteiger partial charge is 0.416 e. The fourth-order valence-electron chi connectivity index (χ4n) is 2.56. The lowest BCUT2D eigenvalue weighted by molar-refractivity contribution is -0.138. The van der Waals surface area contributed by atoms with E-state index in [2.05, 4.69) is 10.3 Å². The SMILES string of the molecule is Cc1c(CNC(=O)c2ccnc(CC(=O)C(C)C)c2)cccc1C(F)(F)F. The lowest BCUT2D eigenvalue weighted by Crippen LogP contribution is -2.24. The minimum atomic E-state index is -4.44. The summed E-state index contributed by atoms with van der Waals surface area (Å²) in [7, 11) is 0. The molecule has 1 aromatic carbocycles. The summed E-state index contributed by atoms with van der Waals surface area (Å²) in [5, 5.41) is 2.62. The molecule has 0 aliphatic rings. The zero-order valence-corrected chi connectivity index (χ0v) is 15.4. The lowest BCUT2D eigenvalue weighted by atomic mass is 10.0. The number of hydrogen-bond donors (Lipinski definition) is 1. The van der Waals surface area contributed by atoms with Crippen LogP contribution in [0.1, 0.15) is 46.6 Å². The van der Waals surface area contributed by atoms with Gasteiger partial charge in [0.25, 0.3) is 5.91 Å². The second-order valence-corrected chi connectivity index (χ2v) is 6.60. The molecule has 7 heteroatoms. The van der Waals surface area contributed by atoms with Crippen LogP contribution in [0.25, 0.3) is 0 Å². The highest BCUT2D eigenvalue weighted by atomic mass is 19.4. The van der Waals surface area contributed by atoms with Crippen molar-refractivity contribution < 1.29 is 22.8 Å². The Morgan fingerprint density at radius 3 is 2.52 bits per heavy atom. The third kappa shape index (κ3) is 5.39. The summed E-state index contributed by atoms with van der Waals surface area (Å²) in [5.74, 6) is -0.555. The van der Waals surface area contributed by atoms with Crippen LogP contribution in [0.15, 0.2) is 36.5 Å². The number of nitrogens with zero attached hydrogens (tertiary/aromatic N) is 1. The summed E-state index contributed by atoms with van der Waals surface area (Å²) in [6.07, 6.45) is -2.87. The minimum Gasteiger partial charge on any atom is -0.348 e. The van der Waals surface area contributed by atoms with Gasteiger partial charge in [-0.05, 0) is 36.2 Å². The van der Waals surface area contributed by atoms with Gasteiger partial charge in [-0.3, -0.25) is 14.6 Å². The van der Waals surface area contributed by atoms with Gasteiger partial charge in [0.05, 0.1) is 5.56 Å². The first kappa shape index (κ1) is 20.6. The number of hydrogen-bond acceptors (Lipinski definition) is 3. The Labute approximate surface area is 155 Å². The van der Waals surface area contributed by atoms with Crippen LogP contribution < -0.4 is 5.32 Å².